The van der Waals surface area contributed by atoms with E-state index in [1.54, 1.807) is 0 Å². The van der Waals surface area contributed by atoms with Gasteiger partial charge in [-0.25, -0.2) is 0 Å². The molecule has 0 aliphatic carbocycles. The van der Waals surface area contributed by atoms with Crippen LogP contribution in [-0.4, -0.2) is 36.8 Å². The van der Waals surface area contributed by atoms with Crippen LogP contribution in [0.3, 0.4) is 0 Å². The maximum Gasteiger partial charge on any atom is 0.307 e. The van der Waals surface area contributed by atoms with Crippen molar-refractivity contribution >= 4 is 23.8 Å². The molecule has 3 rings (SSSR count). The minimum Gasteiger partial charge on any atom is -0.461 e. The minimum atomic E-state index is -0.407. The van der Waals surface area contributed by atoms with Crippen LogP contribution in [0.5, 0.6) is 0 Å². The third-order valence-corrected chi connectivity index (χ3v) is 5.12. The molecule has 3 aromatic carbocycles. The van der Waals surface area contributed by atoms with E-state index in [4.69, 9.17) is 9.47 Å². The molecule has 3 aromatic rings. The van der Waals surface area contributed by atoms with Gasteiger partial charge in [0.1, 0.15) is 13.2 Å². The van der Waals surface area contributed by atoms with E-state index in [1.165, 1.54) is 24.3 Å². The van der Waals surface area contributed by atoms with E-state index in [9.17, 15) is 19.2 Å². The van der Waals surface area contributed by atoms with Crippen molar-refractivity contribution in [2.75, 3.05) is 13.1 Å². The smallest absolute Gasteiger partial charge is 0.307 e. The topological polar surface area (TPSA) is 111 Å². The Bertz CT molecular complexity index is 1060. The number of nitrogens with one attached hydrogen (secondary N) is 2. The first-order valence-electron chi connectivity index (χ1n) is 11.6. The molecule has 0 saturated heterocycles. The van der Waals surface area contributed by atoms with E-state index in [0.717, 1.165) is 11.1 Å². The fraction of sp³-hybridized carbons (Fsp3) is 0.214. The summed E-state index contributed by atoms with van der Waals surface area (Å²) in [5.74, 6) is -1.54. The van der Waals surface area contributed by atoms with Gasteiger partial charge in [-0.2, -0.15) is 0 Å². The molecule has 0 atom stereocenters. The largest absolute Gasteiger partial charge is 0.461 e. The maximum absolute atomic E-state index is 12.3. The Kier molecular flexibility index (Phi) is 10.2. The Morgan fingerprint density at radius 2 is 0.889 bits per heavy atom. The standard InChI is InChI=1S/C28H28N2O6/c31-25(35-19-21-7-3-1-4-8-21)15-17-29-27(33)23-11-13-24(14-12-23)28(34)30-18-16-26(32)36-20-22-9-5-2-6-10-22/h1-14H,15-20H2,(H,29,33)(H,30,34). The molecule has 2 amide bonds. The molecule has 36 heavy (non-hydrogen) atoms. The average molecular weight is 489 g/mol. The summed E-state index contributed by atoms with van der Waals surface area (Å²) in [7, 11) is 0. The van der Waals surface area contributed by atoms with Gasteiger partial charge >= 0.3 is 11.9 Å². The number of esters is 2. The molecule has 0 aliphatic rings. The van der Waals surface area contributed by atoms with Gasteiger partial charge in [-0.3, -0.25) is 19.2 Å². The van der Waals surface area contributed by atoms with Gasteiger partial charge in [-0.05, 0) is 35.4 Å². The fourth-order valence-electron chi connectivity index (χ4n) is 3.15. The first-order chi connectivity index (χ1) is 17.5. The molecule has 8 nitrogen and oxygen atoms in total. The number of hydrogen-bond acceptors (Lipinski definition) is 6. The molecule has 0 fully saturated rings. The molecule has 0 spiro atoms. The van der Waals surface area contributed by atoms with E-state index >= 15 is 0 Å². The van der Waals surface area contributed by atoms with Crippen molar-refractivity contribution in [3.05, 3.63) is 107 Å². The van der Waals surface area contributed by atoms with Crippen molar-refractivity contribution in [3.63, 3.8) is 0 Å². The van der Waals surface area contributed by atoms with Crippen LogP contribution in [0.15, 0.2) is 84.9 Å². The number of benzene rings is 3. The van der Waals surface area contributed by atoms with Crippen LogP contribution in [0.4, 0.5) is 0 Å². The summed E-state index contributed by atoms with van der Waals surface area (Å²) in [6, 6.07) is 24.7. The zero-order valence-electron chi connectivity index (χ0n) is 19.8. The summed E-state index contributed by atoms with van der Waals surface area (Å²) in [6.07, 6.45) is 0.0969. The van der Waals surface area contributed by atoms with Crippen LogP contribution in [0, 0.1) is 0 Å². The lowest BCUT2D eigenvalue weighted by atomic mass is 10.1. The molecular formula is C28H28N2O6. The number of amides is 2. The normalized spacial score (nSPS) is 10.2. The number of carbonyl (C=O) groups is 4. The Labute approximate surface area is 209 Å². The summed E-state index contributed by atoms with van der Waals surface area (Å²) in [5.41, 5.74) is 2.49. The Morgan fingerprint density at radius 1 is 0.528 bits per heavy atom. The summed E-state index contributed by atoms with van der Waals surface area (Å²) in [4.78, 5) is 48.2. The van der Waals surface area contributed by atoms with Gasteiger partial charge in [0, 0.05) is 24.2 Å². The lowest BCUT2D eigenvalue weighted by Crippen LogP contribution is -2.27. The van der Waals surface area contributed by atoms with Crippen molar-refractivity contribution in [2.24, 2.45) is 0 Å². The molecule has 0 aliphatic heterocycles. The van der Waals surface area contributed by atoms with Crippen LogP contribution < -0.4 is 10.6 Å². The van der Waals surface area contributed by atoms with Crippen molar-refractivity contribution in [3.8, 4) is 0 Å². The lowest BCUT2D eigenvalue weighted by molar-refractivity contribution is -0.145. The maximum atomic E-state index is 12.3. The van der Waals surface area contributed by atoms with Gasteiger partial charge in [0.2, 0.25) is 0 Å². The molecule has 8 heteroatoms. The molecule has 186 valence electrons. The number of rotatable bonds is 12. The number of hydrogen-bond donors (Lipinski definition) is 2. The van der Waals surface area contributed by atoms with Crippen LogP contribution in [0.25, 0.3) is 0 Å². The van der Waals surface area contributed by atoms with Gasteiger partial charge in [0.25, 0.3) is 11.8 Å². The second-order valence-electron chi connectivity index (χ2n) is 7.88. The SMILES string of the molecule is O=C(CCNC(=O)c1ccc(C(=O)NCCC(=O)OCc2ccccc2)cc1)OCc1ccccc1. The Morgan fingerprint density at radius 3 is 1.25 bits per heavy atom. The van der Waals surface area contributed by atoms with Crippen molar-refractivity contribution in [1.82, 2.24) is 10.6 Å². The zero-order valence-corrected chi connectivity index (χ0v) is 19.8. The predicted octanol–water partition coefficient (Wildman–Crippen LogP) is 3.41. The van der Waals surface area contributed by atoms with E-state index < -0.39 is 11.9 Å². The summed E-state index contributed by atoms with van der Waals surface area (Å²) in [5, 5.41) is 5.31. The van der Waals surface area contributed by atoms with Gasteiger partial charge in [0.15, 0.2) is 0 Å². The molecule has 0 unspecified atom stereocenters. The van der Waals surface area contributed by atoms with Gasteiger partial charge in [-0.1, -0.05) is 60.7 Å². The quantitative estimate of drug-likeness (QED) is 0.378. The first-order valence-corrected chi connectivity index (χ1v) is 11.6. The number of carbonyl (C=O) groups excluding carboxylic acids is 4. The van der Waals surface area contributed by atoms with Gasteiger partial charge in [0.05, 0.1) is 12.8 Å². The second kappa shape index (κ2) is 14.1. The molecule has 0 heterocycles. The molecule has 2 N–H and O–H groups in total. The molecule has 0 saturated carbocycles. The van der Waals surface area contributed by atoms with Crippen LogP contribution >= 0.6 is 0 Å². The summed E-state index contributed by atoms with van der Waals surface area (Å²) in [6.45, 7) is 0.641. The molecule has 0 radical (unpaired) electrons. The van der Waals surface area contributed by atoms with Crippen LogP contribution in [0.2, 0.25) is 0 Å². The summed E-state index contributed by atoms with van der Waals surface area (Å²) < 4.78 is 10.3. The highest BCUT2D eigenvalue weighted by molar-refractivity contribution is 5.98. The van der Waals surface area contributed by atoms with Crippen molar-refractivity contribution in [2.45, 2.75) is 26.1 Å². The first kappa shape index (κ1) is 26.2. The van der Waals surface area contributed by atoms with Crippen molar-refractivity contribution < 1.29 is 28.7 Å². The van der Waals surface area contributed by atoms with E-state index in [0.29, 0.717) is 11.1 Å². The van der Waals surface area contributed by atoms with Crippen molar-refractivity contribution in [1.29, 1.82) is 0 Å². The van der Waals surface area contributed by atoms with Gasteiger partial charge < -0.3 is 20.1 Å². The predicted molar refractivity (Wildman–Crippen MR) is 133 cm³/mol. The van der Waals surface area contributed by atoms with E-state index in [1.807, 2.05) is 60.7 Å². The third-order valence-electron chi connectivity index (χ3n) is 5.12. The van der Waals surface area contributed by atoms with Crippen LogP contribution in [0.1, 0.15) is 44.7 Å². The monoisotopic (exact) mass is 488 g/mol. The highest BCUT2D eigenvalue weighted by Gasteiger charge is 2.11. The van der Waals surface area contributed by atoms with E-state index in [-0.39, 0.29) is 51.0 Å². The Balaban J connectivity index is 1.32. The second-order valence-corrected chi connectivity index (χ2v) is 7.88. The third kappa shape index (κ3) is 9.06. The zero-order chi connectivity index (χ0) is 25.6. The van der Waals surface area contributed by atoms with E-state index in [2.05, 4.69) is 10.6 Å². The average Bonchev–Trinajstić information content (AvgIpc) is 2.92. The summed E-state index contributed by atoms with van der Waals surface area (Å²) >= 11 is 0. The number of ether oxygens (including phenoxy) is 2. The molecular weight excluding hydrogens is 460 g/mol. The molecule has 0 aromatic heterocycles. The minimum absolute atomic E-state index is 0.0485. The molecule has 0 bridgehead atoms. The van der Waals surface area contributed by atoms with Gasteiger partial charge in [-0.15, -0.1) is 0 Å². The highest BCUT2D eigenvalue weighted by atomic mass is 16.5. The highest BCUT2D eigenvalue weighted by Crippen LogP contribution is 2.06. The fourth-order valence-corrected chi connectivity index (χ4v) is 3.15. The lowest BCUT2D eigenvalue weighted by Gasteiger charge is -2.08. The van der Waals surface area contributed by atoms with Crippen LogP contribution in [-0.2, 0) is 32.3 Å². The Hall–Kier alpha value is -4.46.